The van der Waals surface area contributed by atoms with E-state index in [4.69, 9.17) is 24.4 Å². The molecule has 0 N–H and O–H groups in total. The van der Waals surface area contributed by atoms with Crippen molar-refractivity contribution in [2.24, 2.45) is 5.92 Å². The Morgan fingerprint density at radius 2 is 1.89 bits per heavy atom. The number of hydrogen-bond donors (Lipinski definition) is 0. The van der Waals surface area contributed by atoms with E-state index in [0.717, 1.165) is 48.3 Å². The fraction of sp³-hybridized carbons (Fsp3) is 0.571. The lowest BCUT2D eigenvalue weighted by molar-refractivity contribution is 0.0163. The van der Waals surface area contributed by atoms with Crippen LogP contribution in [0.25, 0.3) is 16.9 Å². The summed E-state index contributed by atoms with van der Waals surface area (Å²) in [7, 11) is 1.61. The van der Waals surface area contributed by atoms with E-state index in [-0.39, 0.29) is 12.1 Å². The maximum absolute atomic E-state index is 12.5. The number of hydrogen-bond acceptors (Lipinski definition) is 7. The van der Waals surface area contributed by atoms with Gasteiger partial charge in [-0.25, -0.2) is 14.5 Å². The van der Waals surface area contributed by atoms with Gasteiger partial charge in [-0.3, -0.25) is 4.68 Å². The van der Waals surface area contributed by atoms with Crippen LogP contribution in [-0.2, 0) is 22.3 Å². The molecule has 0 radical (unpaired) electrons. The average molecular weight is 523 g/mol. The lowest BCUT2D eigenvalue weighted by Gasteiger charge is -2.35. The van der Waals surface area contributed by atoms with Crippen molar-refractivity contribution in [1.29, 1.82) is 0 Å². The van der Waals surface area contributed by atoms with E-state index in [2.05, 4.69) is 22.8 Å². The van der Waals surface area contributed by atoms with Crippen molar-refractivity contribution in [2.75, 3.05) is 33.4 Å². The minimum atomic E-state index is -0.478. The Kier molecular flexibility index (Phi) is 7.43. The monoisotopic (exact) mass is 522 g/mol. The minimum Gasteiger partial charge on any atom is -0.481 e. The number of fused-ring (bicyclic) bond motifs is 1. The fourth-order valence-corrected chi connectivity index (χ4v) is 5.30. The zero-order chi connectivity index (χ0) is 26.9. The van der Waals surface area contributed by atoms with Crippen LogP contribution >= 0.6 is 0 Å². The molecule has 2 aliphatic heterocycles. The molecule has 10 nitrogen and oxygen atoms in total. The molecular weight excluding hydrogens is 484 g/mol. The number of methoxy groups -OCH3 is 1. The van der Waals surface area contributed by atoms with Gasteiger partial charge < -0.3 is 19.1 Å². The van der Waals surface area contributed by atoms with Gasteiger partial charge in [-0.05, 0) is 58.9 Å². The highest BCUT2D eigenvalue weighted by atomic mass is 16.6. The molecule has 0 aliphatic carbocycles. The third kappa shape index (κ3) is 5.55. The molecule has 2 aliphatic rings. The first-order valence-electron chi connectivity index (χ1n) is 13.4. The SMILES string of the molecule is COc1ccc(-n2nc(-c3cnn([C@H](C)C4CCN(C(=O)OC(C)(C)C)CC4)c3)c3c2CCOCC3)cn1. The van der Waals surface area contributed by atoms with E-state index in [1.807, 2.05) is 48.7 Å². The van der Waals surface area contributed by atoms with Crippen LogP contribution in [0, 0.1) is 5.92 Å². The number of amides is 1. The number of likely N-dealkylation sites (tertiary alicyclic amines) is 1. The summed E-state index contributed by atoms with van der Waals surface area (Å²) in [6.45, 7) is 10.7. The molecule has 5 heterocycles. The number of aromatic nitrogens is 5. The molecular formula is C28H38N6O4. The third-order valence-electron chi connectivity index (χ3n) is 7.41. The van der Waals surface area contributed by atoms with Crippen LogP contribution in [0.15, 0.2) is 30.7 Å². The summed E-state index contributed by atoms with van der Waals surface area (Å²) in [5, 5.41) is 9.79. The molecule has 0 bridgehead atoms. The summed E-state index contributed by atoms with van der Waals surface area (Å²) in [6.07, 6.45) is 9.01. The van der Waals surface area contributed by atoms with Crippen molar-refractivity contribution in [1.82, 2.24) is 29.4 Å². The molecule has 0 spiro atoms. The standard InChI is InChI=1S/C28H38N6O4/c1-19(20-8-12-32(13-9-20)27(35)38-28(2,3)4)33-18-21(16-30-33)26-23-10-14-37-15-11-24(23)34(31-26)22-6-7-25(36-5)29-17-22/h6-7,16-20H,8-15H2,1-5H3/t19-/m1/s1. The van der Waals surface area contributed by atoms with Gasteiger partial charge in [0.05, 0.1) is 55.8 Å². The second kappa shape index (κ2) is 10.8. The zero-order valence-corrected chi connectivity index (χ0v) is 23.0. The Bertz CT molecular complexity index is 1250. The highest BCUT2D eigenvalue weighted by Crippen LogP contribution is 2.33. The summed E-state index contributed by atoms with van der Waals surface area (Å²) >= 11 is 0. The highest BCUT2D eigenvalue weighted by Gasteiger charge is 2.30. The first kappa shape index (κ1) is 26.2. The Balaban J connectivity index is 1.34. The first-order valence-corrected chi connectivity index (χ1v) is 13.4. The molecule has 5 rings (SSSR count). The molecule has 10 heteroatoms. The topological polar surface area (TPSA) is 96.5 Å². The van der Waals surface area contributed by atoms with Gasteiger partial charge in [-0.15, -0.1) is 0 Å². The van der Waals surface area contributed by atoms with Crippen LogP contribution in [0.2, 0.25) is 0 Å². The molecule has 1 fully saturated rings. The van der Waals surface area contributed by atoms with E-state index in [0.29, 0.717) is 38.1 Å². The number of nitrogens with zero attached hydrogens (tertiary/aromatic N) is 6. The van der Waals surface area contributed by atoms with Crippen molar-refractivity contribution in [3.63, 3.8) is 0 Å². The van der Waals surface area contributed by atoms with Crippen LogP contribution in [0.5, 0.6) is 5.88 Å². The minimum absolute atomic E-state index is 0.208. The van der Waals surface area contributed by atoms with Gasteiger partial charge >= 0.3 is 6.09 Å². The van der Waals surface area contributed by atoms with E-state index in [9.17, 15) is 4.79 Å². The lowest BCUT2D eigenvalue weighted by atomic mass is 9.90. The molecule has 1 amide bonds. The Labute approximate surface area is 223 Å². The average Bonchev–Trinajstić information content (AvgIpc) is 3.45. The summed E-state index contributed by atoms with van der Waals surface area (Å²) in [5.41, 5.74) is 4.72. The third-order valence-corrected chi connectivity index (χ3v) is 7.41. The summed E-state index contributed by atoms with van der Waals surface area (Å²) < 4.78 is 20.6. The summed E-state index contributed by atoms with van der Waals surface area (Å²) in [6, 6.07) is 4.03. The molecule has 3 aromatic rings. The second-order valence-corrected chi connectivity index (χ2v) is 11.1. The van der Waals surface area contributed by atoms with Crippen LogP contribution in [0.3, 0.4) is 0 Å². The largest absolute Gasteiger partial charge is 0.481 e. The van der Waals surface area contributed by atoms with Crippen LogP contribution < -0.4 is 4.74 Å². The van der Waals surface area contributed by atoms with Crippen LogP contribution in [-0.4, -0.2) is 74.6 Å². The predicted octanol–water partition coefficient (Wildman–Crippen LogP) is 4.46. The zero-order valence-electron chi connectivity index (χ0n) is 23.0. The highest BCUT2D eigenvalue weighted by molar-refractivity contribution is 5.68. The van der Waals surface area contributed by atoms with Gasteiger partial charge in [0.15, 0.2) is 0 Å². The summed E-state index contributed by atoms with van der Waals surface area (Å²) in [4.78, 5) is 18.7. The molecule has 3 aromatic heterocycles. The van der Waals surface area contributed by atoms with Gasteiger partial charge in [0.25, 0.3) is 0 Å². The smallest absolute Gasteiger partial charge is 0.410 e. The van der Waals surface area contributed by atoms with Gasteiger partial charge in [0.1, 0.15) is 5.60 Å². The summed E-state index contributed by atoms with van der Waals surface area (Å²) in [5.74, 6) is 0.998. The number of piperidine rings is 1. The van der Waals surface area contributed by atoms with E-state index in [1.165, 1.54) is 5.56 Å². The second-order valence-electron chi connectivity index (χ2n) is 11.1. The van der Waals surface area contributed by atoms with Crippen molar-refractivity contribution >= 4 is 6.09 Å². The van der Waals surface area contributed by atoms with E-state index >= 15 is 0 Å². The number of rotatable bonds is 5. The maximum atomic E-state index is 12.5. The number of ether oxygens (including phenoxy) is 3. The van der Waals surface area contributed by atoms with Gasteiger partial charge in [-0.2, -0.15) is 10.2 Å². The number of carbonyl (C=O) groups excluding carboxylic acids is 1. The quantitative estimate of drug-likeness (QED) is 0.488. The van der Waals surface area contributed by atoms with E-state index in [1.54, 1.807) is 13.3 Å². The molecule has 1 saturated heterocycles. The van der Waals surface area contributed by atoms with Gasteiger partial charge in [-0.1, -0.05) is 0 Å². The van der Waals surface area contributed by atoms with Crippen molar-refractivity contribution in [3.8, 4) is 22.8 Å². The van der Waals surface area contributed by atoms with Gasteiger partial charge in [0, 0.05) is 42.9 Å². The molecule has 38 heavy (non-hydrogen) atoms. The lowest BCUT2D eigenvalue weighted by Crippen LogP contribution is -2.42. The number of pyridine rings is 1. The van der Waals surface area contributed by atoms with Crippen molar-refractivity contribution in [2.45, 2.75) is 65.0 Å². The van der Waals surface area contributed by atoms with Gasteiger partial charge in [0.2, 0.25) is 5.88 Å². The fourth-order valence-electron chi connectivity index (χ4n) is 5.30. The van der Waals surface area contributed by atoms with Crippen LogP contribution in [0.4, 0.5) is 4.79 Å². The Morgan fingerprint density at radius 3 is 2.58 bits per heavy atom. The maximum Gasteiger partial charge on any atom is 0.410 e. The molecule has 0 saturated carbocycles. The first-order chi connectivity index (χ1) is 18.2. The van der Waals surface area contributed by atoms with Crippen LogP contribution in [0.1, 0.15) is 57.8 Å². The molecule has 0 aromatic carbocycles. The normalized spacial score (nSPS) is 17.6. The molecule has 1 atom stereocenters. The van der Waals surface area contributed by atoms with Crippen molar-refractivity contribution < 1.29 is 19.0 Å². The molecule has 204 valence electrons. The Hall–Kier alpha value is -3.40. The molecule has 0 unspecified atom stereocenters. The van der Waals surface area contributed by atoms with E-state index < -0.39 is 5.60 Å². The predicted molar refractivity (Wildman–Crippen MR) is 143 cm³/mol. The van der Waals surface area contributed by atoms with Crippen molar-refractivity contribution in [3.05, 3.63) is 42.0 Å². The number of carbonyl (C=O) groups is 1. The Morgan fingerprint density at radius 1 is 1.13 bits per heavy atom.